The normalized spacial score (nSPS) is 14.5. The largest absolute Gasteiger partial charge is 0.276 e. The van der Waals surface area contributed by atoms with Crippen molar-refractivity contribution in [2.75, 3.05) is 7.05 Å². The van der Waals surface area contributed by atoms with Crippen molar-refractivity contribution in [1.82, 2.24) is 0 Å². The van der Waals surface area contributed by atoms with E-state index in [1.54, 1.807) is 7.05 Å². The molecule has 0 rings (SSSR count). The first-order valence-corrected chi connectivity index (χ1v) is 2.85. The minimum Gasteiger partial charge on any atom is -0.276 e. The lowest BCUT2D eigenvalue weighted by Crippen LogP contribution is -1.86. The number of hydrogen-bond donors (Lipinski definition) is 0. The third-order valence-electron chi connectivity index (χ3n) is 0.955. The Morgan fingerprint density at radius 2 is 2.12 bits per heavy atom. The minimum atomic E-state index is 0.590. The molecule has 0 fully saturated rings. The Morgan fingerprint density at radius 1 is 1.62 bits per heavy atom. The zero-order chi connectivity index (χ0) is 6.57. The first-order chi connectivity index (χ1) is 3.72. The molecular weight excluding hydrogens is 122 g/mol. The average molecular weight is 132 g/mol. The van der Waals surface area contributed by atoms with Crippen molar-refractivity contribution in [2.45, 2.75) is 13.8 Å². The summed E-state index contributed by atoms with van der Waals surface area (Å²) in [5.74, 6) is 0. The number of aliphatic imine (C=N–C) groups is 1. The highest BCUT2D eigenvalue weighted by atomic mass is 35.5. The maximum Gasteiger partial charge on any atom is 0.125 e. The standard InChI is InChI=1S/C6H10ClN/c1-4-5(2)6(7)8-3/h4H,1-3H3/b5-4-,8-6?. The van der Waals surface area contributed by atoms with Crippen LogP contribution in [0.3, 0.4) is 0 Å². The van der Waals surface area contributed by atoms with Gasteiger partial charge in [0.1, 0.15) is 5.17 Å². The molecule has 0 amide bonds. The summed E-state index contributed by atoms with van der Waals surface area (Å²) in [7, 11) is 1.68. The van der Waals surface area contributed by atoms with E-state index in [2.05, 4.69) is 4.99 Å². The first-order valence-electron chi connectivity index (χ1n) is 2.48. The highest BCUT2D eigenvalue weighted by Crippen LogP contribution is 1.99. The Bertz CT molecular complexity index is 108. The van der Waals surface area contributed by atoms with Crippen LogP contribution in [0.2, 0.25) is 0 Å². The Hall–Kier alpha value is -0.300. The van der Waals surface area contributed by atoms with Crippen LogP contribution in [0, 0.1) is 0 Å². The van der Waals surface area contributed by atoms with Crippen LogP contribution < -0.4 is 0 Å². The lowest BCUT2D eigenvalue weighted by Gasteiger charge is -1.90. The van der Waals surface area contributed by atoms with Crippen molar-refractivity contribution in [1.29, 1.82) is 0 Å². The molecule has 0 radical (unpaired) electrons. The maximum atomic E-state index is 5.60. The number of hydrogen-bond acceptors (Lipinski definition) is 1. The van der Waals surface area contributed by atoms with Gasteiger partial charge >= 0.3 is 0 Å². The number of rotatable bonds is 1. The van der Waals surface area contributed by atoms with Gasteiger partial charge in [-0.1, -0.05) is 17.7 Å². The first kappa shape index (κ1) is 7.70. The van der Waals surface area contributed by atoms with Crippen molar-refractivity contribution in [3.05, 3.63) is 11.6 Å². The molecule has 0 saturated heterocycles. The molecule has 0 bridgehead atoms. The van der Waals surface area contributed by atoms with E-state index in [0.29, 0.717) is 5.17 Å². The Morgan fingerprint density at radius 3 is 2.25 bits per heavy atom. The summed E-state index contributed by atoms with van der Waals surface area (Å²) in [4.78, 5) is 3.77. The molecule has 0 aliphatic carbocycles. The van der Waals surface area contributed by atoms with Crippen LogP contribution in [0.25, 0.3) is 0 Å². The van der Waals surface area contributed by atoms with E-state index >= 15 is 0 Å². The molecule has 2 heteroatoms. The van der Waals surface area contributed by atoms with E-state index in [1.807, 2.05) is 19.9 Å². The van der Waals surface area contributed by atoms with Gasteiger partial charge in [0, 0.05) is 7.05 Å². The summed E-state index contributed by atoms with van der Waals surface area (Å²) >= 11 is 5.60. The molecule has 0 heterocycles. The van der Waals surface area contributed by atoms with Crippen LogP contribution in [-0.4, -0.2) is 12.2 Å². The molecule has 0 aromatic carbocycles. The van der Waals surface area contributed by atoms with Crippen molar-refractivity contribution in [2.24, 2.45) is 4.99 Å². The average Bonchev–Trinajstić information content (AvgIpc) is 1.84. The Labute approximate surface area is 55.1 Å². The molecule has 0 saturated carbocycles. The molecule has 0 aromatic heterocycles. The smallest absolute Gasteiger partial charge is 0.125 e. The predicted molar refractivity (Wildman–Crippen MR) is 38.6 cm³/mol. The fourth-order valence-electron chi connectivity index (χ4n) is 0.295. The van der Waals surface area contributed by atoms with Crippen molar-refractivity contribution >= 4 is 16.8 Å². The third-order valence-corrected chi connectivity index (χ3v) is 1.42. The van der Waals surface area contributed by atoms with Crippen LogP contribution in [0.1, 0.15) is 13.8 Å². The Balaban J connectivity index is 4.04. The molecule has 0 unspecified atom stereocenters. The van der Waals surface area contributed by atoms with E-state index in [4.69, 9.17) is 11.6 Å². The van der Waals surface area contributed by atoms with E-state index in [9.17, 15) is 0 Å². The van der Waals surface area contributed by atoms with Gasteiger partial charge in [-0.05, 0) is 19.4 Å². The van der Waals surface area contributed by atoms with E-state index in [1.165, 1.54) is 0 Å². The number of halogens is 1. The predicted octanol–water partition coefficient (Wildman–Crippen LogP) is 2.22. The summed E-state index contributed by atoms with van der Waals surface area (Å²) in [6.45, 7) is 3.86. The zero-order valence-corrected chi connectivity index (χ0v) is 6.16. The molecule has 0 aromatic rings. The van der Waals surface area contributed by atoms with Crippen molar-refractivity contribution in [3.63, 3.8) is 0 Å². The molecule has 0 N–H and O–H groups in total. The van der Waals surface area contributed by atoms with Gasteiger partial charge in [-0.3, -0.25) is 4.99 Å². The lowest BCUT2D eigenvalue weighted by molar-refractivity contribution is 1.42. The second kappa shape index (κ2) is 3.67. The molecule has 0 aliphatic rings. The second-order valence-electron chi connectivity index (χ2n) is 1.49. The van der Waals surface area contributed by atoms with Crippen LogP contribution in [-0.2, 0) is 0 Å². The van der Waals surface area contributed by atoms with Gasteiger partial charge in [0.05, 0.1) is 0 Å². The molecule has 46 valence electrons. The second-order valence-corrected chi connectivity index (χ2v) is 1.84. The van der Waals surface area contributed by atoms with Gasteiger partial charge < -0.3 is 0 Å². The summed E-state index contributed by atoms with van der Waals surface area (Å²) in [6, 6.07) is 0. The fourth-order valence-corrected chi connectivity index (χ4v) is 0.405. The van der Waals surface area contributed by atoms with Crippen LogP contribution in [0.5, 0.6) is 0 Å². The van der Waals surface area contributed by atoms with Gasteiger partial charge in [-0.15, -0.1) is 0 Å². The Kier molecular flexibility index (Phi) is 3.53. The quantitative estimate of drug-likeness (QED) is 0.484. The van der Waals surface area contributed by atoms with E-state index < -0.39 is 0 Å². The molecule has 1 nitrogen and oxygen atoms in total. The van der Waals surface area contributed by atoms with Gasteiger partial charge in [0.2, 0.25) is 0 Å². The van der Waals surface area contributed by atoms with Gasteiger partial charge in [0.25, 0.3) is 0 Å². The van der Waals surface area contributed by atoms with E-state index in [0.717, 1.165) is 5.57 Å². The van der Waals surface area contributed by atoms with Crippen molar-refractivity contribution < 1.29 is 0 Å². The minimum absolute atomic E-state index is 0.590. The van der Waals surface area contributed by atoms with Gasteiger partial charge in [-0.25, -0.2) is 0 Å². The summed E-state index contributed by atoms with van der Waals surface area (Å²) in [5.41, 5.74) is 1.02. The van der Waals surface area contributed by atoms with Crippen molar-refractivity contribution in [3.8, 4) is 0 Å². The summed E-state index contributed by atoms with van der Waals surface area (Å²) < 4.78 is 0. The molecule has 0 spiro atoms. The highest BCUT2D eigenvalue weighted by molar-refractivity contribution is 6.69. The van der Waals surface area contributed by atoms with Gasteiger partial charge in [-0.2, -0.15) is 0 Å². The van der Waals surface area contributed by atoms with Crippen LogP contribution in [0.15, 0.2) is 16.6 Å². The SMILES string of the molecule is C/C=C(/C)C(Cl)=NC. The summed E-state index contributed by atoms with van der Waals surface area (Å²) in [6.07, 6.45) is 1.93. The highest BCUT2D eigenvalue weighted by Gasteiger charge is 1.90. The zero-order valence-electron chi connectivity index (χ0n) is 5.40. The molecular formula is C6H10ClN. The van der Waals surface area contributed by atoms with Crippen LogP contribution in [0.4, 0.5) is 0 Å². The number of nitrogens with zero attached hydrogens (tertiary/aromatic N) is 1. The molecule has 8 heavy (non-hydrogen) atoms. The maximum absolute atomic E-state index is 5.60. The van der Waals surface area contributed by atoms with Crippen LogP contribution >= 0.6 is 11.6 Å². The monoisotopic (exact) mass is 131 g/mol. The lowest BCUT2D eigenvalue weighted by atomic mass is 10.3. The van der Waals surface area contributed by atoms with Gasteiger partial charge in [0.15, 0.2) is 0 Å². The molecule has 0 atom stereocenters. The summed E-state index contributed by atoms with van der Waals surface area (Å²) in [5, 5.41) is 0.590. The van der Waals surface area contributed by atoms with E-state index in [-0.39, 0.29) is 0 Å². The third kappa shape index (κ3) is 2.12. The fraction of sp³-hybridized carbons (Fsp3) is 0.500. The topological polar surface area (TPSA) is 12.4 Å². The number of allylic oxidation sites excluding steroid dienone is 2. The molecule has 0 aliphatic heterocycles.